The van der Waals surface area contributed by atoms with Gasteiger partial charge < -0.3 is 5.32 Å². The Balaban J connectivity index is 1.88. The van der Waals surface area contributed by atoms with E-state index in [2.05, 4.69) is 17.2 Å². The standard InChI is InChI=1S/C9H16N2S/c1-9(4-2-5-9)11-8-10-6-3-7-12-8/h2-7H2,1H3,(H,10,11). The lowest BCUT2D eigenvalue weighted by Gasteiger charge is -2.40. The summed E-state index contributed by atoms with van der Waals surface area (Å²) in [6.45, 7) is 3.32. The molecule has 2 nitrogen and oxygen atoms in total. The molecule has 0 atom stereocenters. The van der Waals surface area contributed by atoms with Crippen LogP contribution >= 0.6 is 11.8 Å². The Bertz CT molecular complexity index is 197. The summed E-state index contributed by atoms with van der Waals surface area (Å²) < 4.78 is 0. The van der Waals surface area contributed by atoms with Gasteiger partial charge in [-0.1, -0.05) is 11.8 Å². The lowest BCUT2D eigenvalue weighted by atomic mass is 9.79. The Morgan fingerprint density at radius 2 is 2.25 bits per heavy atom. The quantitative estimate of drug-likeness (QED) is 0.674. The lowest BCUT2D eigenvalue weighted by molar-refractivity contribution is 0.245. The van der Waals surface area contributed by atoms with Crippen LogP contribution in [0.15, 0.2) is 4.99 Å². The fourth-order valence-corrected chi connectivity index (χ4v) is 2.59. The molecular formula is C9H16N2S. The highest BCUT2D eigenvalue weighted by Crippen LogP contribution is 2.32. The van der Waals surface area contributed by atoms with E-state index in [9.17, 15) is 0 Å². The molecule has 0 aromatic rings. The van der Waals surface area contributed by atoms with Crippen molar-refractivity contribution in [3.63, 3.8) is 0 Å². The smallest absolute Gasteiger partial charge is 0.156 e. The summed E-state index contributed by atoms with van der Waals surface area (Å²) in [5.74, 6) is 1.24. The number of hydrogen-bond acceptors (Lipinski definition) is 3. The number of amidine groups is 1. The first kappa shape index (κ1) is 8.42. The molecule has 12 heavy (non-hydrogen) atoms. The van der Waals surface area contributed by atoms with Crippen molar-refractivity contribution in [2.45, 2.75) is 38.1 Å². The zero-order valence-corrected chi connectivity index (χ0v) is 8.41. The van der Waals surface area contributed by atoms with E-state index in [-0.39, 0.29) is 0 Å². The van der Waals surface area contributed by atoms with Gasteiger partial charge in [0.05, 0.1) is 0 Å². The molecule has 1 heterocycles. The number of nitrogens with one attached hydrogen (secondary N) is 1. The van der Waals surface area contributed by atoms with Crippen LogP contribution in [0.4, 0.5) is 0 Å². The first-order chi connectivity index (χ1) is 5.79. The Hall–Kier alpha value is -0.180. The summed E-state index contributed by atoms with van der Waals surface area (Å²) in [7, 11) is 0. The van der Waals surface area contributed by atoms with Gasteiger partial charge in [0.2, 0.25) is 0 Å². The van der Waals surface area contributed by atoms with Gasteiger partial charge in [-0.15, -0.1) is 0 Å². The van der Waals surface area contributed by atoms with Crippen LogP contribution in [0, 0.1) is 0 Å². The SMILES string of the molecule is CC1(NC2=NCCCS2)CCC1. The molecule has 1 fully saturated rings. The number of hydrogen-bond donors (Lipinski definition) is 1. The molecule has 0 aromatic carbocycles. The maximum atomic E-state index is 4.46. The largest absolute Gasteiger partial charge is 0.360 e. The summed E-state index contributed by atoms with van der Waals surface area (Å²) in [5.41, 5.74) is 0.378. The molecule has 3 heteroatoms. The van der Waals surface area contributed by atoms with E-state index >= 15 is 0 Å². The third kappa shape index (κ3) is 1.76. The monoisotopic (exact) mass is 184 g/mol. The second-order valence-corrected chi connectivity index (χ2v) is 5.01. The van der Waals surface area contributed by atoms with E-state index < -0.39 is 0 Å². The molecule has 0 bridgehead atoms. The normalized spacial score (nSPS) is 27.2. The van der Waals surface area contributed by atoms with Gasteiger partial charge in [-0.3, -0.25) is 4.99 Å². The molecule has 0 spiro atoms. The van der Waals surface area contributed by atoms with E-state index in [0.29, 0.717) is 5.54 Å². The highest BCUT2D eigenvalue weighted by molar-refractivity contribution is 8.13. The van der Waals surface area contributed by atoms with Crippen molar-refractivity contribution < 1.29 is 0 Å². The number of aliphatic imine (C=N–C) groups is 1. The maximum absolute atomic E-state index is 4.46. The van der Waals surface area contributed by atoms with Crippen LogP contribution in [0.1, 0.15) is 32.6 Å². The van der Waals surface area contributed by atoms with Gasteiger partial charge >= 0.3 is 0 Å². The first-order valence-electron chi connectivity index (χ1n) is 4.74. The minimum absolute atomic E-state index is 0.378. The molecule has 0 radical (unpaired) electrons. The van der Waals surface area contributed by atoms with E-state index in [1.54, 1.807) is 0 Å². The summed E-state index contributed by atoms with van der Waals surface area (Å²) >= 11 is 1.88. The van der Waals surface area contributed by atoms with Crippen LogP contribution in [0.3, 0.4) is 0 Å². The molecule has 68 valence electrons. The van der Waals surface area contributed by atoms with Gasteiger partial charge in [0.25, 0.3) is 0 Å². The summed E-state index contributed by atoms with van der Waals surface area (Å²) in [4.78, 5) is 4.46. The van der Waals surface area contributed by atoms with E-state index in [0.717, 1.165) is 6.54 Å². The molecule has 1 saturated carbocycles. The second kappa shape index (κ2) is 3.29. The van der Waals surface area contributed by atoms with Crippen LogP contribution in [-0.4, -0.2) is 23.0 Å². The molecule has 1 aliphatic carbocycles. The fourth-order valence-electron chi connectivity index (χ4n) is 1.63. The molecule has 1 N–H and O–H groups in total. The highest BCUT2D eigenvalue weighted by atomic mass is 32.2. The summed E-state index contributed by atoms with van der Waals surface area (Å²) in [6, 6.07) is 0. The zero-order chi connectivity index (χ0) is 8.44. The number of nitrogens with zero attached hydrogens (tertiary/aromatic N) is 1. The van der Waals surface area contributed by atoms with Gasteiger partial charge in [0.15, 0.2) is 5.17 Å². The molecule has 2 aliphatic rings. The predicted octanol–water partition coefficient (Wildman–Crippen LogP) is 2.01. The minimum atomic E-state index is 0.378. The van der Waals surface area contributed by atoms with Crippen molar-refractivity contribution in [1.82, 2.24) is 5.32 Å². The van der Waals surface area contributed by atoms with Crippen LogP contribution in [0.5, 0.6) is 0 Å². The highest BCUT2D eigenvalue weighted by Gasteiger charge is 2.32. The topological polar surface area (TPSA) is 24.4 Å². The fraction of sp³-hybridized carbons (Fsp3) is 0.889. The first-order valence-corrected chi connectivity index (χ1v) is 5.73. The average Bonchev–Trinajstić information content (AvgIpc) is 2.04. The van der Waals surface area contributed by atoms with Gasteiger partial charge in [-0.2, -0.15) is 0 Å². The van der Waals surface area contributed by atoms with Gasteiger partial charge in [-0.25, -0.2) is 0 Å². The maximum Gasteiger partial charge on any atom is 0.156 e. The van der Waals surface area contributed by atoms with Crippen molar-refractivity contribution in [2.24, 2.45) is 4.99 Å². The van der Waals surface area contributed by atoms with Crippen LogP contribution < -0.4 is 5.32 Å². The molecule has 0 amide bonds. The summed E-state index contributed by atoms with van der Waals surface area (Å²) in [5, 5.41) is 4.73. The number of rotatable bonds is 1. The van der Waals surface area contributed by atoms with Gasteiger partial charge in [-0.05, 0) is 32.6 Å². The van der Waals surface area contributed by atoms with Crippen molar-refractivity contribution in [1.29, 1.82) is 0 Å². The molecule has 0 aromatic heterocycles. The molecule has 0 saturated heterocycles. The van der Waals surface area contributed by atoms with Crippen molar-refractivity contribution in [3.05, 3.63) is 0 Å². The van der Waals surface area contributed by atoms with Crippen molar-refractivity contribution in [2.75, 3.05) is 12.3 Å². The average molecular weight is 184 g/mol. The lowest BCUT2D eigenvalue weighted by Crippen LogP contribution is -2.50. The van der Waals surface area contributed by atoms with Crippen LogP contribution in [0.2, 0.25) is 0 Å². The van der Waals surface area contributed by atoms with Crippen LogP contribution in [0.25, 0.3) is 0 Å². The Morgan fingerprint density at radius 3 is 2.75 bits per heavy atom. The second-order valence-electron chi connectivity index (χ2n) is 3.93. The summed E-state index contributed by atoms with van der Waals surface area (Å²) in [6.07, 6.45) is 5.24. The number of thioether (sulfide) groups is 1. The molecule has 0 unspecified atom stereocenters. The molecular weight excluding hydrogens is 168 g/mol. The third-order valence-corrected chi connectivity index (χ3v) is 3.66. The van der Waals surface area contributed by atoms with E-state index in [4.69, 9.17) is 0 Å². The van der Waals surface area contributed by atoms with Crippen molar-refractivity contribution in [3.8, 4) is 0 Å². The Kier molecular flexibility index (Phi) is 2.31. The molecule has 1 aliphatic heterocycles. The molecule has 2 rings (SSSR count). The Labute approximate surface area is 78.2 Å². The minimum Gasteiger partial charge on any atom is -0.360 e. The van der Waals surface area contributed by atoms with E-state index in [1.807, 2.05) is 11.8 Å². The van der Waals surface area contributed by atoms with Gasteiger partial charge in [0, 0.05) is 17.8 Å². The van der Waals surface area contributed by atoms with Crippen molar-refractivity contribution >= 4 is 16.9 Å². The zero-order valence-electron chi connectivity index (χ0n) is 7.60. The Morgan fingerprint density at radius 1 is 1.42 bits per heavy atom. The van der Waals surface area contributed by atoms with Crippen LogP contribution in [-0.2, 0) is 0 Å². The van der Waals surface area contributed by atoms with Gasteiger partial charge in [0.1, 0.15) is 0 Å². The van der Waals surface area contributed by atoms with E-state index in [1.165, 1.54) is 36.6 Å². The predicted molar refractivity (Wildman–Crippen MR) is 54.8 cm³/mol. The third-order valence-electron chi connectivity index (χ3n) is 2.66.